The summed E-state index contributed by atoms with van der Waals surface area (Å²) < 4.78 is 5.38. The maximum Gasteiger partial charge on any atom is 0.0795 e. The van der Waals surface area contributed by atoms with Gasteiger partial charge in [0.2, 0.25) is 0 Å². The van der Waals surface area contributed by atoms with Crippen LogP contribution < -0.4 is 5.32 Å². The van der Waals surface area contributed by atoms with E-state index in [-0.39, 0.29) is 0 Å². The molecule has 0 saturated heterocycles. The minimum Gasteiger partial charge on any atom is -0.377 e. The highest BCUT2D eigenvalue weighted by Gasteiger charge is 1.94. The molecule has 0 aliphatic heterocycles. The normalized spacial score (nSPS) is 11.0. The Kier molecular flexibility index (Phi) is 4.97. The standard InChI is InChI=1S/C9H16N2OS/c1-8(2)12-4-3-10-5-9-6-13-7-11-9/h6-8,10H,3-5H2,1-2H3. The van der Waals surface area contributed by atoms with Gasteiger partial charge in [-0.1, -0.05) is 0 Å². The number of thiazole rings is 1. The van der Waals surface area contributed by atoms with Crippen LogP contribution in [0.2, 0.25) is 0 Å². The zero-order chi connectivity index (χ0) is 9.52. The lowest BCUT2D eigenvalue weighted by molar-refractivity contribution is 0.0807. The first kappa shape index (κ1) is 10.6. The summed E-state index contributed by atoms with van der Waals surface area (Å²) in [7, 11) is 0. The van der Waals surface area contributed by atoms with Crippen LogP contribution >= 0.6 is 11.3 Å². The number of ether oxygens (including phenoxy) is 1. The zero-order valence-corrected chi connectivity index (χ0v) is 8.93. The molecule has 0 aromatic carbocycles. The van der Waals surface area contributed by atoms with E-state index in [1.54, 1.807) is 11.3 Å². The van der Waals surface area contributed by atoms with E-state index in [2.05, 4.69) is 15.7 Å². The van der Waals surface area contributed by atoms with E-state index < -0.39 is 0 Å². The number of nitrogens with one attached hydrogen (secondary N) is 1. The van der Waals surface area contributed by atoms with Crippen molar-refractivity contribution in [2.75, 3.05) is 13.2 Å². The molecule has 0 radical (unpaired) electrons. The zero-order valence-electron chi connectivity index (χ0n) is 8.12. The summed E-state index contributed by atoms with van der Waals surface area (Å²) in [6.45, 7) is 6.57. The SMILES string of the molecule is CC(C)OCCNCc1cscn1. The van der Waals surface area contributed by atoms with E-state index in [9.17, 15) is 0 Å². The highest BCUT2D eigenvalue weighted by Crippen LogP contribution is 1.99. The molecule has 0 amide bonds. The first-order valence-electron chi connectivity index (χ1n) is 4.48. The summed E-state index contributed by atoms with van der Waals surface area (Å²) in [6, 6.07) is 0. The predicted octanol–water partition coefficient (Wildman–Crippen LogP) is 1.66. The quantitative estimate of drug-likeness (QED) is 0.709. The van der Waals surface area contributed by atoms with E-state index in [4.69, 9.17) is 4.74 Å². The third-order valence-corrected chi connectivity index (χ3v) is 2.15. The molecule has 0 unspecified atom stereocenters. The Morgan fingerprint density at radius 3 is 3.08 bits per heavy atom. The first-order valence-corrected chi connectivity index (χ1v) is 5.42. The maximum absolute atomic E-state index is 5.38. The smallest absolute Gasteiger partial charge is 0.0795 e. The van der Waals surface area contributed by atoms with Crippen molar-refractivity contribution in [1.82, 2.24) is 10.3 Å². The van der Waals surface area contributed by atoms with Gasteiger partial charge in [-0.2, -0.15) is 0 Å². The van der Waals surface area contributed by atoms with Gasteiger partial charge < -0.3 is 10.1 Å². The van der Waals surface area contributed by atoms with Crippen LogP contribution in [0.5, 0.6) is 0 Å². The summed E-state index contributed by atoms with van der Waals surface area (Å²) in [4.78, 5) is 4.16. The molecule has 4 heteroatoms. The molecule has 0 bridgehead atoms. The molecule has 0 saturated carbocycles. The van der Waals surface area contributed by atoms with E-state index in [0.29, 0.717) is 6.10 Å². The Labute approximate surface area is 83.1 Å². The third-order valence-electron chi connectivity index (χ3n) is 1.52. The molecule has 0 aliphatic carbocycles. The summed E-state index contributed by atoms with van der Waals surface area (Å²) in [5.41, 5.74) is 2.95. The number of aromatic nitrogens is 1. The topological polar surface area (TPSA) is 34.1 Å². The van der Waals surface area contributed by atoms with E-state index in [1.165, 1.54) is 0 Å². The van der Waals surface area contributed by atoms with Gasteiger partial charge >= 0.3 is 0 Å². The molecule has 1 heterocycles. The third kappa shape index (κ3) is 4.98. The van der Waals surface area contributed by atoms with Crippen molar-refractivity contribution in [3.05, 3.63) is 16.6 Å². The van der Waals surface area contributed by atoms with E-state index in [1.807, 2.05) is 19.4 Å². The molecule has 1 N–H and O–H groups in total. The van der Waals surface area contributed by atoms with Crippen molar-refractivity contribution >= 4 is 11.3 Å². The second-order valence-corrected chi connectivity index (χ2v) is 3.79. The highest BCUT2D eigenvalue weighted by molar-refractivity contribution is 7.07. The second kappa shape index (κ2) is 6.07. The fourth-order valence-corrected chi connectivity index (χ4v) is 1.47. The maximum atomic E-state index is 5.38. The molecular formula is C9H16N2OS. The summed E-state index contributed by atoms with van der Waals surface area (Å²) >= 11 is 1.63. The van der Waals surface area contributed by atoms with Gasteiger partial charge in [0.25, 0.3) is 0 Å². The molecule has 1 aromatic rings. The lowest BCUT2D eigenvalue weighted by Crippen LogP contribution is -2.21. The molecule has 0 fully saturated rings. The van der Waals surface area contributed by atoms with Gasteiger partial charge in [-0.25, -0.2) is 4.98 Å². The predicted molar refractivity (Wildman–Crippen MR) is 54.9 cm³/mol. The van der Waals surface area contributed by atoms with Gasteiger partial charge in [-0.15, -0.1) is 11.3 Å². The van der Waals surface area contributed by atoms with Crippen molar-refractivity contribution in [3.63, 3.8) is 0 Å². The Bertz CT molecular complexity index is 211. The van der Waals surface area contributed by atoms with Crippen molar-refractivity contribution in [2.45, 2.75) is 26.5 Å². The van der Waals surface area contributed by atoms with Gasteiger partial charge in [0, 0.05) is 18.5 Å². The van der Waals surface area contributed by atoms with Crippen LogP contribution in [0.25, 0.3) is 0 Å². The summed E-state index contributed by atoms with van der Waals surface area (Å²) in [5.74, 6) is 0. The van der Waals surface area contributed by atoms with Crippen molar-refractivity contribution < 1.29 is 4.74 Å². The molecule has 1 aromatic heterocycles. The van der Waals surface area contributed by atoms with Crippen molar-refractivity contribution in [3.8, 4) is 0 Å². The minimum atomic E-state index is 0.320. The number of hydrogen-bond acceptors (Lipinski definition) is 4. The Hall–Kier alpha value is -0.450. The Morgan fingerprint density at radius 1 is 1.62 bits per heavy atom. The second-order valence-electron chi connectivity index (χ2n) is 3.08. The van der Waals surface area contributed by atoms with Crippen LogP contribution in [0.3, 0.4) is 0 Å². The number of nitrogens with zero attached hydrogens (tertiary/aromatic N) is 1. The van der Waals surface area contributed by atoms with Gasteiger partial charge in [-0.3, -0.25) is 0 Å². The number of hydrogen-bond donors (Lipinski definition) is 1. The van der Waals surface area contributed by atoms with Crippen LogP contribution in [0.15, 0.2) is 10.9 Å². The van der Waals surface area contributed by atoms with Gasteiger partial charge in [0.15, 0.2) is 0 Å². The van der Waals surface area contributed by atoms with Crippen molar-refractivity contribution in [2.24, 2.45) is 0 Å². The van der Waals surface area contributed by atoms with Crippen molar-refractivity contribution in [1.29, 1.82) is 0 Å². The molecule has 0 aliphatic rings. The lowest BCUT2D eigenvalue weighted by atomic mass is 10.4. The van der Waals surface area contributed by atoms with Crippen LogP contribution in [0.4, 0.5) is 0 Å². The minimum absolute atomic E-state index is 0.320. The van der Waals surface area contributed by atoms with Crippen LogP contribution in [-0.2, 0) is 11.3 Å². The molecule has 0 atom stereocenters. The Balaban J connectivity index is 1.96. The van der Waals surface area contributed by atoms with Gasteiger partial charge in [0.1, 0.15) is 0 Å². The molecule has 0 spiro atoms. The fraction of sp³-hybridized carbons (Fsp3) is 0.667. The van der Waals surface area contributed by atoms with Gasteiger partial charge in [-0.05, 0) is 13.8 Å². The van der Waals surface area contributed by atoms with Crippen LogP contribution in [0, 0.1) is 0 Å². The molecule has 1 rings (SSSR count). The summed E-state index contributed by atoms with van der Waals surface area (Å²) in [6.07, 6.45) is 0.320. The van der Waals surface area contributed by atoms with E-state index >= 15 is 0 Å². The average molecular weight is 200 g/mol. The lowest BCUT2D eigenvalue weighted by Gasteiger charge is -2.07. The number of rotatable bonds is 6. The first-order chi connectivity index (χ1) is 6.29. The molecule has 74 valence electrons. The molecular weight excluding hydrogens is 184 g/mol. The monoisotopic (exact) mass is 200 g/mol. The Morgan fingerprint density at radius 2 is 2.46 bits per heavy atom. The van der Waals surface area contributed by atoms with E-state index in [0.717, 1.165) is 25.4 Å². The summed E-state index contributed by atoms with van der Waals surface area (Å²) in [5, 5.41) is 5.31. The average Bonchev–Trinajstić information content (AvgIpc) is 2.55. The van der Waals surface area contributed by atoms with Gasteiger partial charge in [0.05, 0.1) is 23.9 Å². The fourth-order valence-electron chi connectivity index (χ4n) is 0.908. The van der Waals surface area contributed by atoms with Crippen LogP contribution in [-0.4, -0.2) is 24.2 Å². The molecule has 13 heavy (non-hydrogen) atoms. The van der Waals surface area contributed by atoms with Crippen LogP contribution in [0.1, 0.15) is 19.5 Å². The highest BCUT2D eigenvalue weighted by atomic mass is 32.1. The molecule has 3 nitrogen and oxygen atoms in total. The largest absolute Gasteiger partial charge is 0.377 e.